The van der Waals surface area contributed by atoms with Crippen LogP contribution in [0.15, 0.2) is 40.9 Å². The van der Waals surface area contributed by atoms with Crippen molar-refractivity contribution in [1.82, 2.24) is 0 Å². The quantitative estimate of drug-likeness (QED) is 0.781. The maximum Gasteiger partial charge on any atom is 0.170 e. The summed E-state index contributed by atoms with van der Waals surface area (Å²) in [4.78, 5) is 12.0. The first-order valence-corrected chi connectivity index (χ1v) is 6.61. The third-order valence-electron chi connectivity index (χ3n) is 2.84. The average Bonchev–Trinajstić information content (AvgIpc) is 2.41. The van der Waals surface area contributed by atoms with E-state index in [1.807, 2.05) is 0 Å². The van der Waals surface area contributed by atoms with E-state index in [4.69, 9.17) is 4.74 Å². The van der Waals surface area contributed by atoms with Crippen LogP contribution in [0.3, 0.4) is 0 Å². The number of ketones is 1. The highest BCUT2D eigenvalue weighted by atomic mass is 79.9. The molecule has 0 aliphatic carbocycles. The lowest BCUT2D eigenvalue weighted by atomic mass is 10.0. The Morgan fingerprint density at radius 1 is 1.15 bits per heavy atom. The predicted molar refractivity (Wildman–Crippen MR) is 75.1 cm³/mol. The van der Waals surface area contributed by atoms with E-state index in [2.05, 4.69) is 15.9 Å². The van der Waals surface area contributed by atoms with Crippen molar-refractivity contribution >= 4 is 21.7 Å². The van der Waals surface area contributed by atoms with Crippen LogP contribution in [0.1, 0.15) is 15.9 Å². The molecule has 0 bridgehead atoms. The molecule has 0 saturated heterocycles. The summed E-state index contributed by atoms with van der Waals surface area (Å²) in [6, 6.07) is 8.37. The van der Waals surface area contributed by atoms with Crippen molar-refractivity contribution in [2.24, 2.45) is 0 Å². The number of benzene rings is 2. The van der Waals surface area contributed by atoms with Crippen LogP contribution >= 0.6 is 15.9 Å². The Balaban J connectivity index is 2.24. The summed E-state index contributed by atoms with van der Waals surface area (Å²) in [6.07, 6.45) is -0.192. The van der Waals surface area contributed by atoms with Gasteiger partial charge in [-0.15, -0.1) is 0 Å². The molecule has 0 amide bonds. The van der Waals surface area contributed by atoms with Gasteiger partial charge in [0.25, 0.3) is 0 Å². The maximum atomic E-state index is 13.8. The number of Topliss-reactive ketones (excluding diaryl/α,β-unsaturated/α-hetero) is 1. The van der Waals surface area contributed by atoms with E-state index in [0.29, 0.717) is 10.2 Å². The topological polar surface area (TPSA) is 26.3 Å². The molecule has 0 radical (unpaired) electrons. The maximum absolute atomic E-state index is 13.8. The second kappa shape index (κ2) is 6.13. The zero-order valence-corrected chi connectivity index (χ0v) is 12.2. The number of carbonyl (C=O) groups is 1. The van der Waals surface area contributed by atoms with Gasteiger partial charge in [0.05, 0.1) is 12.7 Å². The van der Waals surface area contributed by atoms with Crippen molar-refractivity contribution in [1.29, 1.82) is 0 Å². The molecular weight excluding hydrogens is 330 g/mol. The van der Waals surface area contributed by atoms with Gasteiger partial charge < -0.3 is 4.74 Å². The lowest BCUT2D eigenvalue weighted by Gasteiger charge is -2.06. The molecule has 2 aromatic carbocycles. The monoisotopic (exact) mass is 340 g/mol. The number of ether oxygens (including phenoxy) is 1. The molecule has 2 rings (SSSR count). The van der Waals surface area contributed by atoms with Gasteiger partial charge in [0.15, 0.2) is 5.78 Å². The number of hydrogen-bond acceptors (Lipinski definition) is 2. The fourth-order valence-corrected chi connectivity index (χ4v) is 2.12. The SMILES string of the molecule is COc1ccc(C(=O)Cc2ccc(Br)cc2F)c(F)c1. The molecule has 2 aromatic rings. The highest BCUT2D eigenvalue weighted by molar-refractivity contribution is 9.10. The minimum absolute atomic E-state index is 0.0758. The molecule has 0 N–H and O–H groups in total. The van der Waals surface area contributed by atoms with E-state index in [0.717, 1.165) is 6.07 Å². The fraction of sp³-hybridized carbons (Fsp3) is 0.133. The predicted octanol–water partition coefficient (Wildman–Crippen LogP) is 4.16. The Kier molecular flexibility index (Phi) is 4.49. The minimum atomic E-state index is -0.674. The second-order valence-electron chi connectivity index (χ2n) is 4.18. The van der Waals surface area contributed by atoms with E-state index in [1.165, 1.54) is 31.4 Å². The van der Waals surface area contributed by atoms with Crippen LogP contribution in [0.5, 0.6) is 5.75 Å². The number of methoxy groups -OCH3 is 1. The van der Waals surface area contributed by atoms with Gasteiger partial charge in [-0.3, -0.25) is 4.79 Å². The highest BCUT2D eigenvalue weighted by Crippen LogP contribution is 2.20. The molecule has 0 aliphatic heterocycles. The Bertz CT molecular complexity index is 656. The normalized spacial score (nSPS) is 10.4. The van der Waals surface area contributed by atoms with Crippen molar-refractivity contribution in [2.45, 2.75) is 6.42 Å². The van der Waals surface area contributed by atoms with E-state index >= 15 is 0 Å². The van der Waals surface area contributed by atoms with Crippen molar-refractivity contribution in [3.63, 3.8) is 0 Å². The summed E-state index contributed by atoms with van der Waals surface area (Å²) < 4.78 is 32.9. The first-order valence-electron chi connectivity index (χ1n) is 5.82. The molecule has 0 aromatic heterocycles. The Morgan fingerprint density at radius 3 is 2.50 bits per heavy atom. The van der Waals surface area contributed by atoms with Crippen LogP contribution in [0.4, 0.5) is 8.78 Å². The molecule has 0 atom stereocenters. The Morgan fingerprint density at radius 2 is 1.90 bits per heavy atom. The summed E-state index contributed by atoms with van der Waals surface area (Å²) >= 11 is 3.14. The zero-order valence-electron chi connectivity index (χ0n) is 10.6. The van der Waals surface area contributed by atoms with Crippen molar-refractivity contribution in [3.05, 3.63) is 63.6 Å². The van der Waals surface area contributed by atoms with Crippen molar-refractivity contribution < 1.29 is 18.3 Å². The molecule has 0 spiro atoms. The number of hydrogen-bond donors (Lipinski definition) is 0. The standard InChI is InChI=1S/C15H11BrF2O2/c1-20-11-4-5-12(14(18)8-11)15(19)6-9-2-3-10(16)7-13(9)17/h2-5,7-8H,6H2,1H3. The summed E-state index contributed by atoms with van der Waals surface area (Å²) in [7, 11) is 1.41. The zero-order chi connectivity index (χ0) is 14.7. The van der Waals surface area contributed by atoms with Crippen molar-refractivity contribution in [3.8, 4) is 5.75 Å². The van der Waals surface area contributed by atoms with Gasteiger partial charge in [-0.1, -0.05) is 22.0 Å². The molecule has 0 saturated carbocycles. The smallest absolute Gasteiger partial charge is 0.170 e. The average molecular weight is 341 g/mol. The lowest BCUT2D eigenvalue weighted by Crippen LogP contribution is -2.07. The van der Waals surface area contributed by atoms with E-state index in [9.17, 15) is 13.6 Å². The van der Waals surface area contributed by atoms with Crippen LogP contribution in [-0.4, -0.2) is 12.9 Å². The van der Waals surface area contributed by atoms with Gasteiger partial charge in [0.1, 0.15) is 17.4 Å². The lowest BCUT2D eigenvalue weighted by molar-refractivity contribution is 0.0988. The molecule has 104 valence electrons. The van der Waals surface area contributed by atoms with Gasteiger partial charge in [-0.05, 0) is 29.8 Å². The first-order chi connectivity index (χ1) is 9.51. The molecule has 0 heterocycles. The van der Waals surface area contributed by atoms with Crippen LogP contribution in [-0.2, 0) is 6.42 Å². The fourth-order valence-electron chi connectivity index (χ4n) is 1.78. The van der Waals surface area contributed by atoms with Crippen molar-refractivity contribution in [2.75, 3.05) is 7.11 Å². The third kappa shape index (κ3) is 3.22. The first kappa shape index (κ1) is 14.7. The van der Waals surface area contributed by atoms with Gasteiger partial charge in [-0.25, -0.2) is 8.78 Å². The van der Waals surface area contributed by atoms with E-state index < -0.39 is 17.4 Å². The highest BCUT2D eigenvalue weighted by Gasteiger charge is 2.15. The molecule has 0 unspecified atom stereocenters. The Hall–Kier alpha value is -1.75. The van der Waals surface area contributed by atoms with Crippen LogP contribution in [0.2, 0.25) is 0 Å². The van der Waals surface area contributed by atoms with Crippen LogP contribution < -0.4 is 4.74 Å². The molecular formula is C15H11BrF2O2. The van der Waals surface area contributed by atoms with Gasteiger partial charge in [0.2, 0.25) is 0 Å². The number of halogens is 3. The summed E-state index contributed by atoms with van der Waals surface area (Å²) in [5, 5.41) is 0. The number of rotatable bonds is 4. The molecule has 0 fully saturated rings. The van der Waals surface area contributed by atoms with E-state index in [-0.39, 0.29) is 17.5 Å². The molecule has 5 heteroatoms. The summed E-state index contributed by atoms with van der Waals surface area (Å²) in [6.45, 7) is 0. The number of carbonyl (C=O) groups excluding carboxylic acids is 1. The van der Waals surface area contributed by atoms with Gasteiger partial charge in [-0.2, -0.15) is 0 Å². The molecule has 20 heavy (non-hydrogen) atoms. The third-order valence-corrected chi connectivity index (χ3v) is 3.34. The summed E-state index contributed by atoms with van der Waals surface area (Å²) in [5.41, 5.74) is 0.154. The van der Waals surface area contributed by atoms with Crippen LogP contribution in [0.25, 0.3) is 0 Å². The van der Waals surface area contributed by atoms with Crippen LogP contribution in [0, 0.1) is 11.6 Å². The minimum Gasteiger partial charge on any atom is -0.497 e. The van der Waals surface area contributed by atoms with Gasteiger partial charge >= 0.3 is 0 Å². The van der Waals surface area contributed by atoms with Gasteiger partial charge in [0, 0.05) is 17.0 Å². The van der Waals surface area contributed by atoms with E-state index in [1.54, 1.807) is 6.07 Å². The second-order valence-corrected chi connectivity index (χ2v) is 5.10. The molecule has 2 nitrogen and oxygen atoms in total. The Labute approximate surface area is 123 Å². The summed E-state index contributed by atoms with van der Waals surface area (Å²) in [5.74, 6) is -1.33. The largest absolute Gasteiger partial charge is 0.497 e. The molecule has 0 aliphatic rings.